The summed E-state index contributed by atoms with van der Waals surface area (Å²) in [5, 5.41) is 0. The Labute approximate surface area is 126 Å². The molecule has 0 spiro atoms. The number of ether oxygens (including phenoxy) is 1. The van der Waals surface area contributed by atoms with E-state index in [9.17, 15) is 0 Å². The minimum atomic E-state index is -0.116. The monoisotopic (exact) mass is 387 g/mol. The zero-order chi connectivity index (χ0) is 12.7. The van der Waals surface area contributed by atoms with E-state index >= 15 is 0 Å². The molecule has 2 N–H and O–H groups in total. The Kier molecular flexibility index (Phi) is 3.49. The first-order valence-corrected chi connectivity index (χ1v) is 8.00. The Balaban J connectivity index is 1.84. The van der Waals surface area contributed by atoms with Crippen LogP contribution in [0.1, 0.15) is 17.2 Å². The van der Waals surface area contributed by atoms with Gasteiger partial charge < -0.3 is 10.5 Å². The molecule has 0 aliphatic carbocycles. The second-order valence-electron chi connectivity index (χ2n) is 4.27. The summed E-state index contributed by atoms with van der Waals surface area (Å²) in [5.74, 6) is 0.961. The zero-order valence-corrected chi connectivity index (χ0v) is 13.4. The largest absolute Gasteiger partial charge is 0.488 e. The summed E-state index contributed by atoms with van der Waals surface area (Å²) in [7, 11) is 0. The third-order valence-electron chi connectivity index (χ3n) is 3.11. The van der Waals surface area contributed by atoms with Crippen LogP contribution in [-0.2, 0) is 6.42 Å². The molecular weight excluding hydrogens is 378 g/mol. The number of nitrogens with two attached hydrogens (primary N) is 1. The second kappa shape index (κ2) is 4.96. The molecule has 1 aromatic carbocycles. The lowest BCUT2D eigenvalue weighted by atomic mass is 10.0. The van der Waals surface area contributed by atoms with Gasteiger partial charge in [-0.2, -0.15) is 0 Å². The molecule has 1 aromatic heterocycles. The van der Waals surface area contributed by atoms with Crippen molar-refractivity contribution in [1.29, 1.82) is 0 Å². The fourth-order valence-electron chi connectivity index (χ4n) is 2.19. The van der Waals surface area contributed by atoms with E-state index in [0.717, 1.165) is 25.3 Å². The molecule has 1 aliphatic heterocycles. The molecule has 5 heteroatoms. The van der Waals surface area contributed by atoms with Crippen LogP contribution >= 0.6 is 43.2 Å². The number of halogens is 2. The lowest BCUT2D eigenvalue weighted by molar-refractivity contribution is 0.199. The number of hydrogen-bond acceptors (Lipinski definition) is 3. The van der Waals surface area contributed by atoms with Crippen LogP contribution in [0.2, 0.25) is 0 Å². The van der Waals surface area contributed by atoms with Gasteiger partial charge in [-0.15, -0.1) is 11.3 Å². The van der Waals surface area contributed by atoms with Gasteiger partial charge in [0.25, 0.3) is 0 Å². The molecule has 18 heavy (non-hydrogen) atoms. The Morgan fingerprint density at radius 2 is 2.11 bits per heavy atom. The van der Waals surface area contributed by atoms with Gasteiger partial charge >= 0.3 is 0 Å². The number of fused-ring (bicyclic) bond motifs is 1. The van der Waals surface area contributed by atoms with Gasteiger partial charge in [-0.25, -0.2) is 0 Å². The first-order chi connectivity index (χ1) is 8.65. The van der Waals surface area contributed by atoms with Crippen LogP contribution in [0, 0.1) is 0 Å². The van der Waals surface area contributed by atoms with E-state index in [2.05, 4.69) is 44.0 Å². The van der Waals surface area contributed by atoms with E-state index < -0.39 is 0 Å². The van der Waals surface area contributed by atoms with Crippen LogP contribution in [-0.4, -0.2) is 6.10 Å². The first kappa shape index (κ1) is 12.7. The van der Waals surface area contributed by atoms with E-state index in [4.69, 9.17) is 10.5 Å². The van der Waals surface area contributed by atoms with Crippen molar-refractivity contribution in [3.63, 3.8) is 0 Å². The van der Waals surface area contributed by atoms with Gasteiger partial charge in [0.2, 0.25) is 0 Å². The Hall–Kier alpha value is -0.360. The molecule has 0 amide bonds. The van der Waals surface area contributed by atoms with Crippen molar-refractivity contribution in [2.24, 2.45) is 5.73 Å². The van der Waals surface area contributed by atoms with Crippen molar-refractivity contribution < 1.29 is 4.74 Å². The van der Waals surface area contributed by atoms with Gasteiger partial charge in [0.15, 0.2) is 0 Å². The highest BCUT2D eigenvalue weighted by Gasteiger charge is 2.30. The maximum absolute atomic E-state index is 6.32. The summed E-state index contributed by atoms with van der Waals surface area (Å²) in [6.07, 6.45) is 0.886. The van der Waals surface area contributed by atoms with Gasteiger partial charge in [0.1, 0.15) is 11.9 Å². The molecule has 2 atom stereocenters. The topological polar surface area (TPSA) is 35.2 Å². The summed E-state index contributed by atoms with van der Waals surface area (Å²) in [6.45, 7) is 0. The standard InChI is InChI=1S/C13H11Br2NOS/c14-11-6-8(13(15)18-11)12(16)10-5-7-3-1-2-4-9(7)17-10/h1-4,6,10,12H,5,16H2. The van der Waals surface area contributed by atoms with Gasteiger partial charge in [-0.05, 0) is 55.1 Å². The van der Waals surface area contributed by atoms with Crippen molar-refractivity contribution >= 4 is 43.2 Å². The van der Waals surface area contributed by atoms with Crippen molar-refractivity contribution in [2.75, 3.05) is 0 Å². The normalized spacial score (nSPS) is 19.4. The molecular formula is C13H11Br2NOS. The summed E-state index contributed by atoms with van der Waals surface area (Å²) < 4.78 is 8.08. The molecule has 94 valence electrons. The van der Waals surface area contributed by atoms with Gasteiger partial charge in [-0.1, -0.05) is 18.2 Å². The molecule has 2 heterocycles. The highest BCUT2D eigenvalue weighted by molar-refractivity contribution is 9.12. The predicted octanol–water partition coefficient (Wildman–Crippen LogP) is 4.28. The molecule has 2 unspecified atom stereocenters. The molecule has 0 fully saturated rings. The lowest BCUT2D eigenvalue weighted by Crippen LogP contribution is -2.29. The maximum Gasteiger partial charge on any atom is 0.123 e. The number of thiophene rings is 1. The number of benzene rings is 1. The molecule has 2 aromatic rings. The van der Waals surface area contributed by atoms with Crippen LogP contribution in [0.25, 0.3) is 0 Å². The minimum absolute atomic E-state index is 0.0141. The average molecular weight is 389 g/mol. The second-order valence-corrected chi connectivity index (χ2v) is 8.02. The fourth-order valence-corrected chi connectivity index (χ4v) is 5.15. The molecule has 0 saturated heterocycles. The molecule has 2 nitrogen and oxygen atoms in total. The van der Waals surface area contributed by atoms with Gasteiger partial charge in [0, 0.05) is 6.42 Å². The van der Waals surface area contributed by atoms with Gasteiger partial charge in [0.05, 0.1) is 13.6 Å². The smallest absolute Gasteiger partial charge is 0.123 e. The molecule has 0 bridgehead atoms. The van der Waals surface area contributed by atoms with Gasteiger partial charge in [-0.3, -0.25) is 0 Å². The average Bonchev–Trinajstić information content (AvgIpc) is 2.91. The van der Waals surface area contributed by atoms with E-state index in [1.807, 2.05) is 18.2 Å². The lowest BCUT2D eigenvalue weighted by Gasteiger charge is -2.18. The summed E-state index contributed by atoms with van der Waals surface area (Å²) in [6, 6.07) is 10.1. The van der Waals surface area contributed by atoms with Crippen LogP contribution in [0.15, 0.2) is 37.9 Å². The minimum Gasteiger partial charge on any atom is -0.488 e. The van der Waals surface area contributed by atoms with Crippen molar-refractivity contribution in [3.8, 4) is 5.75 Å². The highest BCUT2D eigenvalue weighted by Crippen LogP contribution is 2.39. The van der Waals surface area contributed by atoms with E-state index in [-0.39, 0.29) is 12.1 Å². The molecule has 3 rings (SSSR count). The Morgan fingerprint density at radius 3 is 2.78 bits per heavy atom. The molecule has 0 saturated carbocycles. The third-order valence-corrected chi connectivity index (χ3v) is 5.50. The first-order valence-electron chi connectivity index (χ1n) is 5.60. The third kappa shape index (κ3) is 2.25. The van der Waals surface area contributed by atoms with Crippen molar-refractivity contribution in [2.45, 2.75) is 18.6 Å². The number of hydrogen-bond donors (Lipinski definition) is 1. The molecule has 0 radical (unpaired) electrons. The van der Waals surface area contributed by atoms with E-state index in [1.54, 1.807) is 11.3 Å². The quantitative estimate of drug-likeness (QED) is 0.833. The number of para-hydroxylation sites is 1. The van der Waals surface area contributed by atoms with Crippen LogP contribution in [0.3, 0.4) is 0 Å². The number of rotatable bonds is 2. The van der Waals surface area contributed by atoms with E-state index in [1.165, 1.54) is 5.56 Å². The Bertz CT molecular complexity index is 559. The zero-order valence-electron chi connectivity index (χ0n) is 9.40. The summed E-state index contributed by atoms with van der Waals surface area (Å²) >= 11 is 8.67. The van der Waals surface area contributed by atoms with Crippen LogP contribution in [0.4, 0.5) is 0 Å². The predicted molar refractivity (Wildman–Crippen MR) is 81.2 cm³/mol. The van der Waals surface area contributed by atoms with E-state index in [0.29, 0.717) is 0 Å². The van der Waals surface area contributed by atoms with Crippen molar-refractivity contribution in [3.05, 3.63) is 49.0 Å². The summed E-state index contributed by atoms with van der Waals surface area (Å²) in [5.41, 5.74) is 8.67. The van der Waals surface area contributed by atoms with Crippen LogP contribution in [0.5, 0.6) is 5.75 Å². The van der Waals surface area contributed by atoms with Crippen LogP contribution < -0.4 is 10.5 Å². The highest BCUT2D eigenvalue weighted by atomic mass is 79.9. The fraction of sp³-hybridized carbons (Fsp3) is 0.231. The Morgan fingerprint density at radius 1 is 1.33 bits per heavy atom. The maximum atomic E-state index is 6.32. The summed E-state index contributed by atoms with van der Waals surface area (Å²) in [4.78, 5) is 0. The van der Waals surface area contributed by atoms with Crippen molar-refractivity contribution in [1.82, 2.24) is 0 Å². The SMILES string of the molecule is NC(c1cc(Br)sc1Br)C1Cc2ccccc2O1. The molecule has 1 aliphatic rings.